The van der Waals surface area contributed by atoms with Crippen molar-refractivity contribution in [2.75, 3.05) is 5.43 Å². The van der Waals surface area contributed by atoms with E-state index in [9.17, 15) is 0 Å². The van der Waals surface area contributed by atoms with E-state index in [1.165, 1.54) is 11.0 Å². The van der Waals surface area contributed by atoms with Crippen LogP contribution in [0.3, 0.4) is 0 Å². The molecule has 2 aromatic heterocycles. The van der Waals surface area contributed by atoms with Crippen molar-refractivity contribution in [1.29, 1.82) is 0 Å². The number of hydrazone groups is 1. The molecule has 0 spiro atoms. The maximum absolute atomic E-state index is 6.01. The van der Waals surface area contributed by atoms with Gasteiger partial charge < -0.3 is 0 Å². The second-order valence-electron chi connectivity index (χ2n) is 3.61. The molecule has 0 radical (unpaired) electrons. The average molecular weight is 364 g/mol. The lowest BCUT2D eigenvalue weighted by Gasteiger charge is -2.04. The van der Waals surface area contributed by atoms with Crippen molar-refractivity contribution in [3.8, 4) is 0 Å². The van der Waals surface area contributed by atoms with Gasteiger partial charge in [-0.05, 0) is 22.9 Å². The second-order valence-corrected chi connectivity index (χ2v) is 5.12. The summed E-state index contributed by atoms with van der Waals surface area (Å²) in [5, 5.41) is 8.99. The Labute approximate surface area is 128 Å². The van der Waals surface area contributed by atoms with Crippen LogP contribution in [0.2, 0.25) is 10.3 Å². The Hall–Kier alpha value is -1.18. The van der Waals surface area contributed by atoms with Crippen molar-refractivity contribution in [3.63, 3.8) is 0 Å². The first kappa shape index (κ1) is 14.2. The van der Waals surface area contributed by atoms with E-state index in [2.05, 4.69) is 41.5 Å². The summed E-state index contributed by atoms with van der Waals surface area (Å²) in [7, 11) is 1.74. The number of aryl methyl sites for hydroxylation is 1. The maximum Gasteiger partial charge on any atom is 0.151 e. The van der Waals surface area contributed by atoms with Crippen molar-refractivity contribution < 1.29 is 0 Å². The van der Waals surface area contributed by atoms with Crippen LogP contribution in [-0.2, 0) is 7.05 Å². The van der Waals surface area contributed by atoms with Gasteiger partial charge in [-0.3, -0.25) is 10.1 Å². The lowest BCUT2D eigenvalue weighted by molar-refractivity contribution is 0.769. The van der Waals surface area contributed by atoms with Gasteiger partial charge in [0.1, 0.15) is 22.9 Å². The topological polar surface area (TPSA) is 68.0 Å². The van der Waals surface area contributed by atoms with Gasteiger partial charge in [-0.2, -0.15) is 10.2 Å². The van der Waals surface area contributed by atoms with Crippen LogP contribution in [0.25, 0.3) is 0 Å². The van der Waals surface area contributed by atoms with Gasteiger partial charge in [0.25, 0.3) is 0 Å². The molecule has 0 aromatic carbocycles. The molecule has 2 heterocycles. The van der Waals surface area contributed by atoms with Crippen LogP contribution in [0, 0.1) is 0 Å². The van der Waals surface area contributed by atoms with Crippen LogP contribution in [-0.4, -0.2) is 25.5 Å². The summed E-state index contributed by atoms with van der Waals surface area (Å²) >= 11 is 15.2. The Morgan fingerprint density at radius 1 is 1.42 bits per heavy atom. The number of hydrogen-bond acceptors (Lipinski definition) is 5. The minimum atomic E-state index is 0.332. The molecular formula is C10H9BrCl2N6. The van der Waals surface area contributed by atoms with Crippen LogP contribution in [0.5, 0.6) is 0 Å². The molecule has 6 nitrogen and oxygen atoms in total. The summed E-state index contributed by atoms with van der Waals surface area (Å²) in [6.45, 7) is 1.79. The van der Waals surface area contributed by atoms with Crippen LogP contribution in [0.4, 0.5) is 5.69 Å². The first-order valence-corrected chi connectivity index (χ1v) is 6.69. The summed E-state index contributed by atoms with van der Waals surface area (Å²) < 4.78 is 2.13. The SMILES string of the molecule is CC(=NNc1cnn(C)c1Cl)c1ncnc(Cl)c1Br. The molecule has 0 saturated heterocycles. The van der Waals surface area contributed by atoms with Gasteiger partial charge in [0.05, 0.1) is 16.4 Å². The summed E-state index contributed by atoms with van der Waals surface area (Å²) in [6, 6.07) is 0. The highest BCUT2D eigenvalue weighted by Crippen LogP contribution is 2.23. The third kappa shape index (κ3) is 3.05. The molecule has 0 aliphatic heterocycles. The fourth-order valence-electron chi connectivity index (χ4n) is 1.30. The highest BCUT2D eigenvalue weighted by Gasteiger charge is 2.10. The molecule has 0 fully saturated rings. The first-order chi connectivity index (χ1) is 9.00. The van der Waals surface area contributed by atoms with Crippen molar-refractivity contribution in [3.05, 3.63) is 33.0 Å². The summed E-state index contributed by atoms with van der Waals surface area (Å²) in [5.41, 5.74) is 4.68. The standard InChI is InChI=1S/C10H9BrCl2N6/c1-5(8-7(11)9(12)15-4-14-8)17-18-6-3-16-19(2)10(6)13/h3-4,18H,1-2H3. The van der Waals surface area contributed by atoms with Crippen LogP contribution < -0.4 is 5.43 Å². The molecule has 0 aliphatic rings. The van der Waals surface area contributed by atoms with E-state index in [0.717, 1.165) is 0 Å². The molecule has 0 atom stereocenters. The third-order valence-corrected chi connectivity index (χ3v) is 4.01. The summed E-state index contributed by atoms with van der Waals surface area (Å²) in [4.78, 5) is 7.97. The molecule has 2 aromatic rings. The van der Waals surface area contributed by atoms with Gasteiger partial charge in [-0.1, -0.05) is 23.2 Å². The molecule has 1 N–H and O–H groups in total. The molecule has 19 heavy (non-hydrogen) atoms. The van der Waals surface area contributed by atoms with Crippen LogP contribution in [0.1, 0.15) is 12.6 Å². The van der Waals surface area contributed by atoms with E-state index < -0.39 is 0 Å². The van der Waals surface area contributed by atoms with Crippen LogP contribution in [0.15, 0.2) is 22.1 Å². The molecule has 9 heteroatoms. The van der Waals surface area contributed by atoms with Crippen molar-refractivity contribution in [1.82, 2.24) is 19.7 Å². The minimum absolute atomic E-state index is 0.332. The Balaban J connectivity index is 2.24. The number of rotatable bonds is 3. The fraction of sp³-hybridized carbons (Fsp3) is 0.200. The van der Waals surface area contributed by atoms with Gasteiger partial charge in [0.15, 0.2) is 5.15 Å². The van der Waals surface area contributed by atoms with E-state index in [4.69, 9.17) is 23.2 Å². The predicted molar refractivity (Wildman–Crippen MR) is 78.8 cm³/mol. The zero-order valence-electron chi connectivity index (χ0n) is 10.0. The number of aromatic nitrogens is 4. The number of nitrogens with zero attached hydrogens (tertiary/aromatic N) is 5. The van der Waals surface area contributed by atoms with Gasteiger partial charge in [0, 0.05) is 7.05 Å². The molecule has 100 valence electrons. The lowest BCUT2D eigenvalue weighted by atomic mass is 10.3. The Kier molecular flexibility index (Phi) is 4.38. The zero-order chi connectivity index (χ0) is 14.0. The lowest BCUT2D eigenvalue weighted by Crippen LogP contribution is -2.04. The van der Waals surface area contributed by atoms with Crippen LogP contribution >= 0.6 is 39.1 Å². The van der Waals surface area contributed by atoms with Crippen molar-refractivity contribution >= 4 is 50.5 Å². The van der Waals surface area contributed by atoms with Crippen molar-refractivity contribution in [2.45, 2.75) is 6.92 Å². The quantitative estimate of drug-likeness (QED) is 0.516. The largest absolute Gasteiger partial charge is 0.273 e. The minimum Gasteiger partial charge on any atom is -0.273 e. The maximum atomic E-state index is 6.01. The normalized spacial score (nSPS) is 11.7. The number of halogens is 3. The Bertz CT molecular complexity index is 639. The van der Waals surface area contributed by atoms with E-state index in [1.807, 2.05) is 0 Å². The molecular weight excluding hydrogens is 355 g/mol. The van der Waals surface area contributed by atoms with Gasteiger partial charge >= 0.3 is 0 Å². The van der Waals surface area contributed by atoms with E-state index >= 15 is 0 Å². The molecule has 0 amide bonds. The first-order valence-electron chi connectivity index (χ1n) is 5.15. The molecule has 0 unspecified atom stereocenters. The molecule has 0 aliphatic carbocycles. The van der Waals surface area contributed by atoms with Crippen molar-refractivity contribution in [2.24, 2.45) is 12.1 Å². The fourth-order valence-corrected chi connectivity index (χ4v) is 2.05. The molecule has 2 rings (SSSR count). The number of nitrogens with one attached hydrogen (secondary N) is 1. The highest BCUT2D eigenvalue weighted by molar-refractivity contribution is 9.10. The zero-order valence-corrected chi connectivity index (χ0v) is 13.1. The number of anilines is 1. The highest BCUT2D eigenvalue weighted by atomic mass is 79.9. The molecule has 0 bridgehead atoms. The molecule has 0 saturated carbocycles. The smallest absolute Gasteiger partial charge is 0.151 e. The average Bonchev–Trinajstić information content (AvgIpc) is 2.70. The second kappa shape index (κ2) is 5.85. The van der Waals surface area contributed by atoms with Gasteiger partial charge in [-0.15, -0.1) is 0 Å². The van der Waals surface area contributed by atoms with Gasteiger partial charge in [0.2, 0.25) is 0 Å². The Morgan fingerprint density at radius 2 is 2.16 bits per heavy atom. The third-order valence-electron chi connectivity index (χ3n) is 2.30. The van der Waals surface area contributed by atoms with E-state index in [-0.39, 0.29) is 0 Å². The van der Waals surface area contributed by atoms with E-state index in [0.29, 0.717) is 31.9 Å². The van der Waals surface area contributed by atoms with Gasteiger partial charge in [-0.25, -0.2) is 9.97 Å². The summed E-state index contributed by atoms with van der Waals surface area (Å²) in [5.74, 6) is 0. The predicted octanol–water partition coefficient (Wildman–Crippen LogP) is 3.12. The van der Waals surface area contributed by atoms with E-state index in [1.54, 1.807) is 20.2 Å². The monoisotopic (exact) mass is 362 g/mol. The summed E-state index contributed by atoms with van der Waals surface area (Å²) in [6.07, 6.45) is 2.96. The number of hydrogen-bond donors (Lipinski definition) is 1. The Morgan fingerprint density at radius 3 is 2.79 bits per heavy atom.